The largest absolute Gasteiger partial charge is 0.396 e. The highest BCUT2D eigenvalue weighted by atomic mass is 19.1. The molecule has 3 N–H and O–H groups in total. The lowest BCUT2D eigenvalue weighted by atomic mass is 10.1. The first kappa shape index (κ1) is 15.7. The Kier molecular flexibility index (Phi) is 5.08. The summed E-state index contributed by atoms with van der Waals surface area (Å²) < 4.78 is 13.5. The van der Waals surface area contributed by atoms with Crippen molar-refractivity contribution in [1.29, 1.82) is 0 Å². The number of halogens is 1. The molecule has 2 aromatic rings. The molecular formula is C18H23FN4. The number of nitrogens with zero attached hydrogens (tertiary/aromatic N) is 2. The summed E-state index contributed by atoms with van der Waals surface area (Å²) in [6.07, 6.45) is 5.74. The van der Waals surface area contributed by atoms with Crippen LogP contribution in [0.5, 0.6) is 0 Å². The van der Waals surface area contributed by atoms with E-state index in [1.807, 2.05) is 12.1 Å². The summed E-state index contributed by atoms with van der Waals surface area (Å²) in [5.74, 6) is 0.452. The maximum atomic E-state index is 13.5. The molecule has 0 aliphatic carbocycles. The van der Waals surface area contributed by atoms with Gasteiger partial charge in [-0.3, -0.25) is 0 Å². The Morgan fingerprint density at radius 2 is 1.87 bits per heavy atom. The van der Waals surface area contributed by atoms with Crippen molar-refractivity contribution in [2.24, 2.45) is 0 Å². The van der Waals surface area contributed by atoms with Crippen LogP contribution in [0.2, 0.25) is 0 Å². The van der Waals surface area contributed by atoms with E-state index < -0.39 is 5.82 Å². The average molecular weight is 314 g/mol. The van der Waals surface area contributed by atoms with Gasteiger partial charge in [0.25, 0.3) is 0 Å². The predicted octanol–water partition coefficient (Wildman–Crippen LogP) is 3.37. The van der Waals surface area contributed by atoms with Crippen LogP contribution in [0, 0.1) is 5.82 Å². The Morgan fingerprint density at radius 3 is 2.57 bits per heavy atom. The van der Waals surface area contributed by atoms with Crippen molar-refractivity contribution in [3.63, 3.8) is 0 Å². The van der Waals surface area contributed by atoms with Crippen LogP contribution in [0.4, 0.5) is 15.9 Å². The van der Waals surface area contributed by atoms with Gasteiger partial charge in [0.2, 0.25) is 0 Å². The normalized spacial score (nSPS) is 15.5. The quantitative estimate of drug-likeness (QED) is 0.831. The topological polar surface area (TPSA) is 54.2 Å². The van der Waals surface area contributed by atoms with E-state index in [1.165, 1.54) is 38.4 Å². The van der Waals surface area contributed by atoms with Crippen molar-refractivity contribution in [1.82, 2.24) is 9.88 Å². The van der Waals surface area contributed by atoms with Gasteiger partial charge in [-0.2, -0.15) is 0 Å². The summed E-state index contributed by atoms with van der Waals surface area (Å²) in [4.78, 5) is 6.89. The first-order valence-electron chi connectivity index (χ1n) is 8.20. The molecule has 0 atom stereocenters. The molecule has 5 heteroatoms. The van der Waals surface area contributed by atoms with Crippen LogP contribution >= 0.6 is 0 Å². The number of rotatable bonds is 5. The molecular weight excluding hydrogens is 291 g/mol. The van der Waals surface area contributed by atoms with Crippen molar-refractivity contribution < 1.29 is 4.39 Å². The highest BCUT2D eigenvalue weighted by Crippen LogP contribution is 2.23. The second-order valence-electron chi connectivity index (χ2n) is 6.00. The first-order valence-corrected chi connectivity index (χ1v) is 8.20. The lowest BCUT2D eigenvalue weighted by Gasteiger charge is -2.26. The Bertz CT molecular complexity index is 636. The number of benzene rings is 1. The monoisotopic (exact) mass is 314 g/mol. The van der Waals surface area contributed by atoms with E-state index in [2.05, 4.69) is 15.2 Å². The van der Waals surface area contributed by atoms with Gasteiger partial charge in [-0.1, -0.05) is 12.5 Å². The summed E-state index contributed by atoms with van der Waals surface area (Å²) in [6, 6.07) is 8.70. The third kappa shape index (κ3) is 4.20. The number of pyridine rings is 1. The zero-order valence-electron chi connectivity index (χ0n) is 13.3. The lowest BCUT2D eigenvalue weighted by Crippen LogP contribution is -2.33. The van der Waals surface area contributed by atoms with Gasteiger partial charge in [-0.25, -0.2) is 9.37 Å². The number of aromatic nitrogens is 1. The molecule has 1 fully saturated rings. The highest BCUT2D eigenvalue weighted by molar-refractivity contribution is 5.66. The predicted molar refractivity (Wildman–Crippen MR) is 92.8 cm³/mol. The minimum Gasteiger partial charge on any atom is -0.396 e. The van der Waals surface area contributed by atoms with Crippen molar-refractivity contribution in [3.05, 3.63) is 42.3 Å². The second kappa shape index (κ2) is 7.42. The number of nitrogens with two attached hydrogens (primary N) is 1. The molecule has 0 spiro atoms. The fraction of sp³-hybridized carbons (Fsp3) is 0.389. The van der Waals surface area contributed by atoms with Crippen LogP contribution in [-0.4, -0.2) is 36.1 Å². The van der Waals surface area contributed by atoms with Gasteiger partial charge in [0.15, 0.2) is 0 Å². The number of piperidine rings is 1. The third-order valence-electron chi connectivity index (χ3n) is 4.28. The van der Waals surface area contributed by atoms with Gasteiger partial charge in [-0.05, 0) is 55.8 Å². The van der Waals surface area contributed by atoms with Crippen molar-refractivity contribution in [2.75, 3.05) is 37.2 Å². The van der Waals surface area contributed by atoms with Crippen LogP contribution < -0.4 is 11.1 Å². The van der Waals surface area contributed by atoms with Gasteiger partial charge in [-0.15, -0.1) is 0 Å². The number of nitrogens with one attached hydrogen (secondary N) is 1. The van der Waals surface area contributed by atoms with Gasteiger partial charge in [0.05, 0.1) is 5.69 Å². The number of hydrogen-bond donors (Lipinski definition) is 2. The van der Waals surface area contributed by atoms with Crippen LogP contribution in [0.25, 0.3) is 11.1 Å². The Hall–Kier alpha value is -2.14. The highest BCUT2D eigenvalue weighted by Gasteiger charge is 2.09. The Labute approximate surface area is 136 Å². The molecule has 122 valence electrons. The van der Waals surface area contributed by atoms with Crippen LogP contribution in [0.15, 0.2) is 36.5 Å². The van der Waals surface area contributed by atoms with E-state index >= 15 is 0 Å². The maximum Gasteiger partial charge on any atom is 0.146 e. The zero-order chi connectivity index (χ0) is 16.1. The van der Waals surface area contributed by atoms with Gasteiger partial charge in [0, 0.05) is 24.8 Å². The minimum absolute atomic E-state index is 0.165. The van der Waals surface area contributed by atoms with E-state index in [4.69, 9.17) is 5.73 Å². The molecule has 1 aliphatic rings. The number of hydrogen-bond acceptors (Lipinski definition) is 4. The van der Waals surface area contributed by atoms with Gasteiger partial charge in [0.1, 0.15) is 11.6 Å². The number of nitrogen functional groups attached to an aromatic ring is 1. The summed E-state index contributed by atoms with van der Waals surface area (Å²) in [7, 11) is 0. The summed E-state index contributed by atoms with van der Waals surface area (Å²) >= 11 is 0. The van der Waals surface area contributed by atoms with E-state index in [-0.39, 0.29) is 5.69 Å². The molecule has 1 saturated heterocycles. The molecule has 1 aliphatic heterocycles. The van der Waals surface area contributed by atoms with E-state index in [0.29, 0.717) is 0 Å². The summed E-state index contributed by atoms with van der Waals surface area (Å²) in [6.45, 7) is 4.35. The SMILES string of the molecule is Nc1ccc(-c2ccc(NCCN3CCCCC3)nc2)cc1F. The molecule has 1 aromatic carbocycles. The summed E-state index contributed by atoms with van der Waals surface area (Å²) in [5.41, 5.74) is 7.33. The Balaban J connectivity index is 1.55. The molecule has 0 radical (unpaired) electrons. The maximum absolute atomic E-state index is 13.5. The molecule has 1 aromatic heterocycles. The molecule has 2 heterocycles. The fourth-order valence-electron chi connectivity index (χ4n) is 2.90. The van der Waals surface area contributed by atoms with Crippen LogP contribution in [-0.2, 0) is 0 Å². The van der Waals surface area contributed by atoms with Crippen LogP contribution in [0.1, 0.15) is 19.3 Å². The molecule has 0 amide bonds. The minimum atomic E-state index is -0.397. The average Bonchev–Trinajstić information content (AvgIpc) is 2.59. The van der Waals surface area contributed by atoms with E-state index in [9.17, 15) is 4.39 Å². The smallest absolute Gasteiger partial charge is 0.146 e. The molecule has 4 nitrogen and oxygen atoms in total. The number of likely N-dealkylation sites (tertiary alicyclic amines) is 1. The van der Waals surface area contributed by atoms with E-state index in [1.54, 1.807) is 18.3 Å². The molecule has 23 heavy (non-hydrogen) atoms. The van der Waals surface area contributed by atoms with Gasteiger partial charge >= 0.3 is 0 Å². The van der Waals surface area contributed by atoms with Crippen molar-refractivity contribution in [3.8, 4) is 11.1 Å². The lowest BCUT2D eigenvalue weighted by molar-refractivity contribution is 0.237. The zero-order valence-corrected chi connectivity index (χ0v) is 13.3. The van der Waals surface area contributed by atoms with E-state index in [0.717, 1.165) is 30.0 Å². The fourth-order valence-corrected chi connectivity index (χ4v) is 2.90. The third-order valence-corrected chi connectivity index (χ3v) is 4.28. The molecule has 0 unspecified atom stereocenters. The first-order chi connectivity index (χ1) is 11.2. The summed E-state index contributed by atoms with van der Waals surface area (Å²) in [5, 5.41) is 3.34. The van der Waals surface area contributed by atoms with Crippen molar-refractivity contribution >= 4 is 11.5 Å². The Morgan fingerprint density at radius 1 is 1.09 bits per heavy atom. The van der Waals surface area contributed by atoms with Crippen molar-refractivity contribution in [2.45, 2.75) is 19.3 Å². The molecule has 3 rings (SSSR count). The standard InChI is InChI=1S/C18H23FN4/c19-16-12-14(4-6-17(16)20)15-5-7-18(22-13-15)21-8-11-23-9-2-1-3-10-23/h4-7,12-13H,1-3,8-11,20H2,(H,21,22). The van der Waals surface area contributed by atoms with Gasteiger partial charge < -0.3 is 16.0 Å². The molecule has 0 bridgehead atoms. The number of anilines is 2. The molecule has 0 saturated carbocycles. The van der Waals surface area contributed by atoms with Crippen LogP contribution in [0.3, 0.4) is 0 Å². The second-order valence-corrected chi connectivity index (χ2v) is 6.00.